The van der Waals surface area contributed by atoms with Crippen LogP contribution in [-0.2, 0) is 14.3 Å². The van der Waals surface area contributed by atoms with Crippen molar-refractivity contribution in [3.8, 4) is 0 Å². The molecule has 0 heterocycles. The van der Waals surface area contributed by atoms with Gasteiger partial charge >= 0.3 is 11.9 Å². The van der Waals surface area contributed by atoms with Crippen LogP contribution in [0.2, 0.25) is 0 Å². The largest absolute Gasteiger partial charge is 0.480 e. The average Bonchev–Trinajstić information content (AvgIpc) is 2.25. The monoisotopic (exact) mass is 230 g/mol. The molecule has 0 aliphatic carbocycles. The molecule has 0 aliphatic rings. The highest BCUT2D eigenvalue weighted by Gasteiger charge is 2.13. The quantitative estimate of drug-likeness (QED) is 0.204. The van der Waals surface area contributed by atoms with Gasteiger partial charge in [0.2, 0.25) is 0 Å². The fourth-order valence-corrected chi connectivity index (χ4v) is 0.835. The molecule has 8 nitrogen and oxygen atoms in total. The molecule has 0 aromatic carbocycles. The van der Waals surface area contributed by atoms with Gasteiger partial charge in [0.25, 0.3) is 0 Å². The predicted molar refractivity (Wildman–Crippen MR) is 54.4 cm³/mol. The molecule has 0 spiro atoms. The third-order valence-corrected chi connectivity index (χ3v) is 1.71. The first-order valence-electron chi connectivity index (χ1n) is 4.72. The van der Waals surface area contributed by atoms with E-state index in [-0.39, 0.29) is 26.0 Å². The Balaban J connectivity index is 3.52. The van der Waals surface area contributed by atoms with Gasteiger partial charge in [0, 0.05) is 17.9 Å². The number of aliphatic carboxylic acids is 1. The van der Waals surface area contributed by atoms with Crippen LogP contribution in [0.3, 0.4) is 0 Å². The summed E-state index contributed by atoms with van der Waals surface area (Å²) >= 11 is 0. The molecule has 0 aliphatic heterocycles. The van der Waals surface area contributed by atoms with E-state index in [9.17, 15) is 9.59 Å². The predicted octanol–water partition coefficient (Wildman–Crippen LogP) is 0.422. The van der Waals surface area contributed by atoms with E-state index in [2.05, 4.69) is 10.0 Å². The van der Waals surface area contributed by atoms with E-state index in [4.69, 9.17) is 21.1 Å². The summed E-state index contributed by atoms with van der Waals surface area (Å²) in [5, 5.41) is 11.7. The minimum Gasteiger partial charge on any atom is -0.480 e. The van der Waals surface area contributed by atoms with Crippen LogP contribution < -0.4 is 5.73 Å². The molecule has 0 saturated carbocycles. The van der Waals surface area contributed by atoms with Gasteiger partial charge in [-0.05, 0) is 18.4 Å². The summed E-state index contributed by atoms with van der Waals surface area (Å²) in [6, 6.07) is -1.05. The van der Waals surface area contributed by atoms with Gasteiger partial charge in [0.1, 0.15) is 6.04 Å². The van der Waals surface area contributed by atoms with Gasteiger partial charge in [-0.1, -0.05) is 5.11 Å². The maximum Gasteiger partial charge on any atom is 0.320 e. The maximum atomic E-state index is 11.0. The zero-order valence-electron chi connectivity index (χ0n) is 8.70. The molecular weight excluding hydrogens is 216 g/mol. The second kappa shape index (κ2) is 8.51. The van der Waals surface area contributed by atoms with E-state index < -0.39 is 18.0 Å². The number of carboxylic acid groups (broad SMARTS) is 1. The maximum absolute atomic E-state index is 11.0. The second-order valence-electron chi connectivity index (χ2n) is 3.01. The molecule has 8 heteroatoms. The zero-order chi connectivity index (χ0) is 12.4. The number of nitrogens with zero attached hydrogens (tertiary/aromatic N) is 3. The van der Waals surface area contributed by atoms with Crippen LogP contribution in [0, 0.1) is 0 Å². The Morgan fingerprint density at radius 2 is 2.25 bits per heavy atom. The Morgan fingerprint density at radius 3 is 2.81 bits per heavy atom. The highest BCUT2D eigenvalue weighted by atomic mass is 16.5. The van der Waals surface area contributed by atoms with Crippen molar-refractivity contribution < 1.29 is 19.4 Å². The van der Waals surface area contributed by atoms with Crippen LogP contribution in [-0.4, -0.2) is 36.2 Å². The van der Waals surface area contributed by atoms with Gasteiger partial charge in [0.05, 0.1) is 6.61 Å². The van der Waals surface area contributed by atoms with Crippen molar-refractivity contribution in [3.63, 3.8) is 0 Å². The second-order valence-corrected chi connectivity index (χ2v) is 3.01. The molecule has 0 amide bonds. The van der Waals surface area contributed by atoms with Crippen molar-refractivity contribution in [2.75, 3.05) is 13.2 Å². The third-order valence-electron chi connectivity index (χ3n) is 1.71. The molecule has 90 valence electrons. The Bertz CT molecular complexity index is 288. The van der Waals surface area contributed by atoms with E-state index in [0.717, 1.165) is 0 Å². The average molecular weight is 230 g/mol. The first kappa shape index (κ1) is 14.2. The van der Waals surface area contributed by atoms with E-state index in [1.807, 2.05) is 0 Å². The molecular formula is C8H14N4O4. The highest BCUT2D eigenvalue weighted by molar-refractivity contribution is 5.75. The molecule has 0 aromatic heterocycles. The standard InChI is InChI=1S/C8H14N4O4/c9-6(8(14)15)2-3-7(13)16-5-1-4-11-12-10/h6H,1-5,9H2,(H,14,15)/t6-/m0/s1. The number of hydrogen-bond acceptors (Lipinski definition) is 5. The van der Waals surface area contributed by atoms with Crippen molar-refractivity contribution in [2.45, 2.75) is 25.3 Å². The van der Waals surface area contributed by atoms with Crippen LogP contribution >= 0.6 is 0 Å². The molecule has 0 saturated heterocycles. The van der Waals surface area contributed by atoms with Gasteiger partial charge in [-0.25, -0.2) is 0 Å². The highest BCUT2D eigenvalue weighted by Crippen LogP contribution is 1.98. The Morgan fingerprint density at radius 1 is 1.56 bits per heavy atom. The number of nitrogens with two attached hydrogens (primary N) is 1. The Hall–Kier alpha value is -1.79. The molecule has 0 rings (SSSR count). The van der Waals surface area contributed by atoms with E-state index >= 15 is 0 Å². The summed E-state index contributed by atoms with van der Waals surface area (Å²) < 4.78 is 4.75. The molecule has 0 bridgehead atoms. The van der Waals surface area contributed by atoms with Gasteiger partial charge < -0.3 is 15.6 Å². The van der Waals surface area contributed by atoms with Crippen LogP contribution in [0.4, 0.5) is 0 Å². The van der Waals surface area contributed by atoms with E-state index in [1.54, 1.807) is 0 Å². The van der Waals surface area contributed by atoms with Gasteiger partial charge in [-0.15, -0.1) is 0 Å². The van der Waals surface area contributed by atoms with Crippen molar-refractivity contribution in [1.82, 2.24) is 0 Å². The number of carbonyl (C=O) groups is 2. The van der Waals surface area contributed by atoms with Crippen molar-refractivity contribution in [2.24, 2.45) is 10.8 Å². The third kappa shape index (κ3) is 7.60. The number of azide groups is 1. The number of carboxylic acids is 1. The molecule has 0 unspecified atom stereocenters. The first-order valence-corrected chi connectivity index (χ1v) is 4.72. The zero-order valence-corrected chi connectivity index (χ0v) is 8.70. The van der Waals surface area contributed by atoms with Crippen LogP contribution in [0.15, 0.2) is 5.11 Å². The topological polar surface area (TPSA) is 138 Å². The lowest BCUT2D eigenvalue weighted by Crippen LogP contribution is -2.30. The van der Waals surface area contributed by atoms with Crippen molar-refractivity contribution in [3.05, 3.63) is 10.4 Å². The Labute approximate surface area is 92.0 Å². The Kier molecular flexibility index (Phi) is 7.56. The summed E-state index contributed by atoms with van der Waals surface area (Å²) in [5.41, 5.74) is 13.1. The summed E-state index contributed by atoms with van der Waals surface area (Å²) in [6.07, 6.45) is 0.459. The fourth-order valence-electron chi connectivity index (χ4n) is 0.835. The lowest BCUT2D eigenvalue weighted by Gasteiger charge is -2.06. The van der Waals surface area contributed by atoms with Gasteiger partial charge in [-0.2, -0.15) is 0 Å². The van der Waals surface area contributed by atoms with Gasteiger partial charge in [0.15, 0.2) is 0 Å². The number of rotatable bonds is 8. The molecule has 3 N–H and O–H groups in total. The number of esters is 1. The SMILES string of the molecule is [N-]=[N+]=NCCCOC(=O)CC[C@H](N)C(=O)O. The van der Waals surface area contributed by atoms with E-state index in [1.165, 1.54) is 0 Å². The summed E-state index contributed by atoms with van der Waals surface area (Å²) in [6.45, 7) is 0.415. The minimum atomic E-state index is -1.14. The van der Waals surface area contributed by atoms with Gasteiger partial charge in [-0.3, -0.25) is 9.59 Å². The van der Waals surface area contributed by atoms with Crippen LogP contribution in [0.25, 0.3) is 10.4 Å². The number of hydrogen-bond donors (Lipinski definition) is 2. The first-order chi connectivity index (χ1) is 7.57. The van der Waals surface area contributed by atoms with Crippen LogP contribution in [0.1, 0.15) is 19.3 Å². The lowest BCUT2D eigenvalue weighted by atomic mass is 10.2. The summed E-state index contributed by atoms with van der Waals surface area (Å²) in [7, 11) is 0. The normalized spacial score (nSPS) is 11.3. The molecule has 16 heavy (non-hydrogen) atoms. The lowest BCUT2D eigenvalue weighted by molar-refractivity contribution is -0.144. The molecule has 0 fully saturated rings. The molecule has 0 aromatic rings. The molecule has 0 radical (unpaired) electrons. The minimum absolute atomic E-state index is 0.0328. The fraction of sp³-hybridized carbons (Fsp3) is 0.750. The van der Waals surface area contributed by atoms with E-state index in [0.29, 0.717) is 6.42 Å². The smallest absolute Gasteiger partial charge is 0.320 e. The number of ether oxygens (including phenoxy) is 1. The number of carbonyl (C=O) groups excluding carboxylic acids is 1. The van der Waals surface area contributed by atoms with Crippen LogP contribution in [0.5, 0.6) is 0 Å². The molecule has 1 atom stereocenters. The summed E-state index contributed by atoms with van der Waals surface area (Å²) in [4.78, 5) is 23.9. The van der Waals surface area contributed by atoms with Crippen molar-refractivity contribution >= 4 is 11.9 Å². The van der Waals surface area contributed by atoms with Crippen molar-refractivity contribution in [1.29, 1.82) is 0 Å². The summed E-state index contributed by atoms with van der Waals surface area (Å²) in [5.74, 6) is -1.64.